The van der Waals surface area contributed by atoms with Crippen LogP contribution in [0.4, 0.5) is 4.39 Å². The first-order valence-corrected chi connectivity index (χ1v) is 10.4. The summed E-state index contributed by atoms with van der Waals surface area (Å²) in [5.41, 5.74) is 0.266. The summed E-state index contributed by atoms with van der Waals surface area (Å²) in [6.45, 7) is 2.80. The van der Waals surface area contributed by atoms with E-state index in [2.05, 4.69) is 27.7 Å². The number of likely N-dealkylation sites (tertiary alicyclic amines) is 1. The molecule has 0 radical (unpaired) electrons. The lowest BCUT2D eigenvalue weighted by Crippen LogP contribution is -2.51. The number of nitrogens with zero attached hydrogens (tertiary/aromatic N) is 1. The number of amides is 1. The van der Waals surface area contributed by atoms with Crippen molar-refractivity contribution < 1.29 is 9.18 Å². The summed E-state index contributed by atoms with van der Waals surface area (Å²) in [7, 11) is 0. The van der Waals surface area contributed by atoms with Crippen molar-refractivity contribution in [2.24, 2.45) is 0 Å². The van der Waals surface area contributed by atoms with Crippen LogP contribution in [0, 0.1) is 5.82 Å². The molecule has 2 aliphatic rings. The molecule has 2 fully saturated rings. The number of hydrogen-bond acceptors (Lipinski definition) is 3. The second-order valence-electron chi connectivity index (χ2n) is 7.43. The fourth-order valence-electron chi connectivity index (χ4n) is 4.27. The van der Waals surface area contributed by atoms with Gasteiger partial charge in [0, 0.05) is 11.4 Å². The molecule has 2 heterocycles. The fourth-order valence-corrected chi connectivity index (χ4v) is 5.13. The molecule has 1 aromatic heterocycles. The Bertz CT molecular complexity index is 751. The maximum atomic E-state index is 13.7. The predicted molar refractivity (Wildman–Crippen MR) is 103 cm³/mol. The van der Waals surface area contributed by atoms with Gasteiger partial charge in [-0.25, -0.2) is 4.39 Å². The summed E-state index contributed by atoms with van der Waals surface area (Å²) in [6, 6.07) is 11.0. The third-order valence-electron chi connectivity index (χ3n) is 5.93. The summed E-state index contributed by atoms with van der Waals surface area (Å²) in [5, 5.41) is 5.31. The van der Waals surface area contributed by atoms with Gasteiger partial charge in [-0.3, -0.25) is 9.69 Å². The number of carbonyl (C=O) groups excluding carboxylic acids is 1. The Morgan fingerprint density at radius 1 is 1.19 bits per heavy atom. The van der Waals surface area contributed by atoms with E-state index in [1.165, 1.54) is 29.9 Å². The van der Waals surface area contributed by atoms with E-state index in [0.717, 1.165) is 37.9 Å². The fraction of sp³-hybridized carbons (Fsp3) is 0.476. The summed E-state index contributed by atoms with van der Waals surface area (Å²) in [6.07, 6.45) is 5.07. The number of benzene rings is 1. The van der Waals surface area contributed by atoms with Gasteiger partial charge in [0.15, 0.2) is 0 Å². The largest absolute Gasteiger partial charge is 0.353 e. The van der Waals surface area contributed by atoms with Crippen LogP contribution in [-0.4, -0.2) is 30.4 Å². The Morgan fingerprint density at radius 2 is 2.00 bits per heavy atom. The van der Waals surface area contributed by atoms with Crippen molar-refractivity contribution >= 4 is 17.2 Å². The van der Waals surface area contributed by atoms with Gasteiger partial charge in [0.1, 0.15) is 5.82 Å². The van der Waals surface area contributed by atoms with Crippen LogP contribution in [-0.2, 0) is 10.2 Å². The highest BCUT2D eigenvalue weighted by atomic mass is 32.1. The molecule has 1 saturated carbocycles. The summed E-state index contributed by atoms with van der Waals surface area (Å²) in [4.78, 5) is 16.9. The number of halogens is 1. The first kappa shape index (κ1) is 17.7. The first-order valence-electron chi connectivity index (χ1n) is 9.51. The molecule has 1 saturated heterocycles. The molecule has 1 N–H and O–H groups in total. The summed E-state index contributed by atoms with van der Waals surface area (Å²) >= 11 is 1.75. The maximum Gasteiger partial charge on any atom is 0.230 e. The molecule has 4 rings (SSSR count). The second kappa shape index (κ2) is 7.49. The minimum atomic E-state index is -0.549. The molecule has 26 heavy (non-hydrogen) atoms. The normalized spacial score (nSPS) is 20.5. The lowest BCUT2D eigenvalue weighted by Gasteiger charge is -2.41. The molecular formula is C21H25FN2OS. The zero-order valence-corrected chi connectivity index (χ0v) is 15.7. The number of rotatable bonds is 6. The van der Waals surface area contributed by atoms with Crippen molar-refractivity contribution in [3.8, 4) is 0 Å². The van der Waals surface area contributed by atoms with E-state index in [1.807, 2.05) is 6.07 Å². The van der Waals surface area contributed by atoms with Crippen LogP contribution in [0.15, 0.2) is 41.8 Å². The zero-order chi connectivity index (χ0) is 18.0. The third kappa shape index (κ3) is 3.30. The Hall–Kier alpha value is -1.72. The van der Waals surface area contributed by atoms with Gasteiger partial charge in [-0.15, -0.1) is 11.3 Å². The Labute approximate surface area is 158 Å². The van der Waals surface area contributed by atoms with Crippen molar-refractivity contribution in [3.05, 3.63) is 58.0 Å². The SMILES string of the molecule is O=C(NCC(c1cccs1)N1CCCC1)C1(c2cccc(F)c2)CCC1. The quantitative estimate of drug-likeness (QED) is 0.822. The van der Waals surface area contributed by atoms with Crippen LogP contribution in [0.1, 0.15) is 48.6 Å². The second-order valence-corrected chi connectivity index (χ2v) is 8.41. The minimum absolute atomic E-state index is 0.0510. The van der Waals surface area contributed by atoms with E-state index >= 15 is 0 Å². The molecule has 1 aromatic carbocycles. The van der Waals surface area contributed by atoms with Crippen LogP contribution in [0.3, 0.4) is 0 Å². The van der Waals surface area contributed by atoms with Crippen LogP contribution >= 0.6 is 11.3 Å². The number of nitrogens with one attached hydrogen (secondary N) is 1. The van der Waals surface area contributed by atoms with Gasteiger partial charge in [-0.2, -0.15) is 0 Å². The highest BCUT2D eigenvalue weighted by Gasteiger charge is 2.45. The van der Waals surface area contributed by atoms with Crippen molar-refractivity contribution in [1.29, 1.82) is 0 Å². The molecular weight excluding hydrogens is 347 g/mol. The Balaban J connectivity index is 1.49. The molecule has 1 aliphatic heterocycles. The minimum Gasteiger partial charge on any atom is -0.353 e. The van der Waals surface area contributed by atoms with E-state index in [1.54, 1.807) is 17.4 Å². The Kier molecular flexibility index (Phi) is 5.09. The first-order chi connectivity index (χ1) is 12.7. The van der Waals surface area contributed by atoms with Crippen molar-refractivity contribution in [3.63, 3.8) is 0 Å². The molecule has 1 unspecified atom stereocenters. The van der Waals surface area contributed by atoms with E-state index in [0.29, 0.717) is 6.54 Å². The molecule has 138 valence electrons. The zero-order valence-electron chi connectivity index (χ0n) is 14.9. The lowest BCUT2D eigenvalue weighted by atomic mass is 9.63. The molecule has 1 atom stereocenters. The highest BCUT2D eigenvalue weighted by molar-refractivity contribution is 7.10. The third-order valence-corrected chi connectivity index (χ3v) is 6.90. The number of carbonyl (C=O) groups is 1. The van der Waals surface area contributed by atoms with Crippen molar-refractivity contribution in [2.75, 3.05) is 19.6 Å². The van der Waals surface area contributed by atoms with Crippen LogP contribution < -0.4 is 5.32 Å². The van der Waals surface area contributed by atoms with E-state index in [9.17, 15) is 9.18 Å². The molecule has 1 aliphatic carbocycles. The summed E-state index contributed by atoms with van der Waals surface area (Å²) in [5.74, 6) is -0.217. The average molecular weight is 373 g/mol. The highest BCUT2D eigenvalue weighted by Crippen LogP contribution is 2.44. The molecule has 5 heteroatoms. The van der Waals surface area contributed by atoms with E-state index < -0.39 is 5.41 Å². The molecule has 2 aromatic rings. The topological polar surface area (TPSA) is 32.3 Å². The van der Waals surface area contributed by atoms with Crippen LogP contribution in [0.2, 0.25) is 0 Å². The average Bonchev–Trinajstić information content (AvgIpc) is 3.28. The number of hydrogen-bond donors (Lipinski definition) is 1. The van der Waals surface area contributed by atoms with Crippen LogP contribution in [0.25, 0.3) is 0 Å². The van der Waals surface area contributed by atoms with Gasteiger partial charge in [0.2, 0.25) is 5.91 Å². The van der Waals surface area contributed by atoms with Crippen molar-refractivity contribution in [2.45, 2.75) is 43.6 Å². The molecule has 0 spiro atoms. The van der Waals surface area contributed by atoms with Crippen LogP contribution in [0.5, 0.6) is 0 Å². The lowest BCUT2D eigenvalue weighted by molar-refractivity contribution is -0.130. The summed E-state index contributed by atoms with van der Waals surface area (Å²) < 4.78 is 13.7. The standard InChI is InChI=1S/C21H25FN2OS/c22-17-7-3-6-16(14-17)21(9-5-10-21)20(25)23-15-18(19-8-4-13-26-19)24-11-1-2-12-24/h3-4,6-8,13-14,18H,1-2,5,9-12,15H2,(H,23,25). The predicted octanol–water partition coefficient (Wildman–Crippen LogP) is 4.26. The van der Waals surface area contributed by atoms with E-state index in [4.69, 9.17) is 0 Å². The molecule has 0 bridgehead atoms. The molecule has 1 amide bonds. The Morgan fingerprint density at radius 3 is 2.62 bits per heavy atom. The molecule has 3 nitrogen and oxygen atoms in total. The van der Waals surface area contributed by atoms with Gasteiger partial charge in [0.25, 0.3) is 0 Å². The van der Waals surface area contributed by atoms with Crippen molar-refractivity contribution in [1.82, 2.24) is 10.2 Å². The van der Waals surface area contributed by atoms with Gasteiger partial charge in [-0.05, 0) is 67.9 Å². The maximum absolute atomic E-state index is 13.7. The van der Waals surface area contributed by atoms with Gasteiger partial charge in [-0.1, -0.05) is 24.6 Å². The number of thiophene rings is 1. The van der Waals surface area contributed by atoms with E-state index in [-0.39, 0.29) is 17.8 Å². The monoisotopic (exact) mass is 372 g/mol. The van der Waals surface area contributed by atoms with Gasteiger partial charge in [0.05, 0.1) is 11.5 Å². The smallest absolute Gasteiger partial charge is 0.230 e. The van der Waals surface area contributed by atoms with Gasteiger partial charge < -0.3 is 5.32 Å². The van der Waals surface area contributed by atoms with Gasteiger partial charge >= 0.3 is 0 Å².